The lowest BCUT2D eigenvalue weighted by Crippen LogP contribution is -2.15. The van der Waals surface area contributed by atoms with E-state index >= 15 is 0 Å². The van der Waals surface area contributed by atoms with Crippen LogP contribution in [0.2, 0.25) is 0 Å². The first kappa shape index (κ1) is 19.2. The molecule has 0 radical (unpaired) electrons. The number of esters is 2. The van der Waals surface area contributed by atoms with Crippen molar-refractivity contribution < 1.29 is 29.0 Å². The predicted octanol–water partition coefficient (Wildman–Crippen LogP) is 3.80. The number of rotatable bonds is 7. The normalized spacial score (nSPS) is 10.4. The van der Waals surface area contributed by atoms with Gasteiger partial charge in [0, 0.05) is 0 Å². The molecule has 0 unspecified atom stereocenters. The van der Waals surface area contributed by atoms with E-state index in [4.69, 9.17) is 14.6 Å². The van der Waals surface area contributed by atoms with Gasteiger partial charge in [0.2, 0.25) is 0 Å². The van der Waals surface area contributed by atoms with Crippen molar-refractivity contribution >= 4 is 17.9 Å². The van der Waals surface area contributed by atoms with Crippen molar-refractivity contribution in [2.45, 2.75) is 32.6 Å². The fourth-order valence-electron chi connectivity index (χ4n) is 2.33. The van der Waals surface area contributed by atoms with E-state index in [9.17, 15) is 14.4 Å². The van der Waals surface area contributed by atoms with Gasteiger partial charge in [-0.25, -0.2) is 4.79 Å². The van der Waals surface area contributed by atoms with Gasteiger partial charge in [0.15, 0.2) is 0 Å². The highest BCUT2D eigenvalue weighted by atomic mass is 16.5. The zero-order valence-corrected chi connectivity index (χ0v) is 14.6. The summed E-state index contributed by atoms with van der Waals surface area (Å²) in [6.07, 6.45) is -0.378. The lowest BCUT2D eigenvalue weighted by atomic mass is 10.0. The number of carboxylic acid groups (broad SMARTS) is 1. The topological polar surface area (TPSA) is 89.9 Å². The highest BCUT2D eigenvalue weighted by molar-refractivity contribution is 5.92. The molecular weight excluding hydrogens is 336 g/mol. The minimum atomic E-state index is -1.20. The molecule has 0 heterocycles. The summed E-state index contributed by atoms with van der Waals surface area (Å²) in [6.45, 7) is 3.98. The van der Waals surface area contributed by atoms with E-state index in [0.29, 0.717) is 5.75 Å². The Morgan fingerprint density at radius 2 is 1.35 bits per heavy atom. The van der Waals surface area contributed by atoms with E-state index in [-0.39, 0.29) is 30.1 Å². The molecule has 0 saturated heterocycles. The SMILES string of the molecule is CC(C)c1ccccc1OC(=O)CCC(=O)Oc1ccccc1C(=O)O. The van der Waals surface area contributed by atoms with Crippen LogP contribution in [0.5, 0.6) is 11.5 Å². The van der Waals surface area contributed by atoms with Crippen molar-refractivity contribution in [1.82, 2.24) is 0 Å². The molecular formula is C20H20O6. The number of para-hydroxylation sites is 2. The molecule has 6 heteroatoms. The summed E-state index contributed by atoms with van der Waals surface area (Å²) in [5.74, 6) is -1.84. The smallest absolute Gasteiger partial charge is 0.339 e. The zero-order chi connectivity index (χ0) is 19.1. The van der Waals surface area contributed by atoms with Gasteiger partial charge >= 0.3 is 17.9 Å². The van der Waals surface area contributed by atoms with Crippen LogP contribution in [0, 0.1) is 0 Å². The van der Waals surface area contributed by atoms with Crippen LogP contribution >= 0.6 is 0 Å². The fourth-order valence-corrected chi connectivity index (χ4v) is 2.33. The molecule has 6 nitrogen and oxygen atoms in total. The molecule has 2 aromatic carbocycles. The van der Waals surface area contributed by atoms with Crippen molar-refractivity contribution in [2.75, 3.05) is 0 Å². The molecule has 0 aromatic heterocycles. The van der Waals surface area contributed by atoms with Crippen molar-refractivity contribution in [2.24, 2.45) is 0 Å². The Morgan fingerprint density at radius 1 is 0.846 bits per heavy atom. The second-order valence-electron chi connectivity index (χ2n) is 5.94. The number of carbonyl (C=O) groups is 3. The molecule has 0 spiro atoms. The number of ether oxygens (including phenoxy) is 2. The van der Waals surface area contributed by atoms with Gasteiger partial charge < -0.3 is 14.6 Å². The molecule has 0 aliphatic rings. The van der Waals surface area contributed by atoms with E-state index in [0.717, 1.165) is 5.56 Å². The van der Waals surface area contributed by atoms with Crippen LogP contribution in [0.3, 0.4) is 0 Å². The number of aromatic carboxylic acids is 1. The van der Waals surface area contributed by atoms with Gasteiger partial charge in [0.25, 0.3) is 0 Å². The molecule has 1 N–H and O–H groups in total. The van der Waals surface area contributed by atoms with E-state index in [2.05, 4.69) is 0 Å². The van der Waals surface area contributed by atoms with Gasteiger partial charge in [-0.2, -0.15) is 0 Å². The minimum Gasteiger partial charge on any atom is -0.478 e. The number of carboxylic acids is 1. The lowest BCUT2D eigenvalue weighted by molar-refractivity contribution is -0.140. The summed E-state index contributed by atoms with van der Waals surface area (Å²) < 4.78 is 10.4. The Morgan fingerprint density at radius 3 is 1.92 bits per heavy atom. The van der Waals surface area contributed by atoms with Gasteiger partial charge in [-0.1, -0.05) is 44.2 Å². The minimum absolute atomic E-state index is 0.0523. The maximum absolute atomic E-state index is 12.0. The molecule has 0 aliphatic carbocycles. The van der Waals surface area contributed by atoms with Crippen molar-refractivity contribution in [3.8, 4) is 11.5 Å². The van der Waals surface area contributed by atoms with E-state index in [1.807, 2.05) is 26.0 Å². The Labute approximate surface area is 151 Å². The monoisotopic (exact) mass is 356 g/mol. The third kappa shape index (κ3) is 5.17. The Hall–Kier alpha value is -3.15. The second kappa shape index (κ2) is 8.80. The largest absolute Gasteiger partial charge is 0.478 e. The van der Waals surface area contributed by atoms with Crippen LogP contribution in [-0.2, 0) is 9.59 Å². The second-order valence-corrected chi connectivity index (χ2v) is 5.94. The maximum Gasteiger partial charge on any atom is 0.339 e. The summed E-state index contributed by atoms with van der Waals surface area (Å²) in [7, 11) is 0. The van der Waals surface area contributed by atoms with Crippen molar-refractivity contribution in [1.29, 1.82) is 0 Å². The van der Waals surface area contributed by atoms with Gasteiger partial charge in [-0.15, -0.1) is 0 Å². The average Bonchev–Trinajstić information content (AvgIpc) is 2.60. The Balaban J connectivity index is 1.92. The van der Waals surface area contributed by atoms with Crippen LogP contribution in [0.25, 0.3) is 0 Å². The van der Waals surface area contributed by atoms with E-state index in [1.54, 1.807) is 18.2 Å². The van der Waals surface area contributed by atoms with Crippen LogP contribution in [0.1, 0.15) is 48.5 Å². The fraction of sp³-hybridized carbons (Fsp3) is 0.250. The van der Waals surface area contributed by atoms with Gasteiger partial charge in [0.1, 0.15) is 17.1 Å². The summed E-state index contributed by atoms with van der Waals surface area (Å²) >= 11 is 0. The molecule has 0 amide bonds. The molecule has 2 aromatic rings. The van der Waals surface area contributed by atoms with Crippen LogP contribution in [0.4, 0.5) is 0 Å². The summed E-state index contributed by atoms with van der Waals surface area (Å²) in [6, 6.07) is 13.0. The molecule has 0 aliphatic heterocycles. The molecule has 136 valence electrons. The molecule has 26 heavy (non-hydrogen) atoms. The predicted molar refractivity (Wildman–Crippen MR) is 94.4 cm³/mol. The number of carbonyl (C=O) groups excluding carboxylic acids is 2. The number of hydrogen-bond donors (Lipinski definition) is 1. The molecule has 0 fully saturated rings. The Kier molecular flexibility index (Phi) is 6.49. The van der Waals surface area contributed by atoms with Gasteiger partial charge in [-0.05, 0) is 29.7 Å². The molecule has 0 atom stereocenters. The van der Waals surface area contributed by atoms with E-state index < -0.39 is 17.9 Å². The average molecular weight is 356 g/mol. The summed E-state index contributed by atoms with van der Waals surface area (Å²) in [5.41, 5.74) is 0.785. The lowest BCUT2D eigenvalue weighted by Gasteiger charge is -2.12. The third-order valence-electron chi connectivity index (χ3n) is 3.64. The van der Waals surface area contributed by atoms with Gasteiger partial charge in [-0.3, -0.25) is 9.59 Å². The first-order valence-electron chi connectivity index (χ1n) is 8.21. The third-order valence-corrected chi connectivity index (χ3v) is 3.64. The quantitative estimate of drug-likeness (QED) is 0.599. The van der Waals surface area contributed by atoms with Crippen molar-refractivity contribution in [3.63, 3.8) is 0 Å². The van der Waals surface area contributed by atoms with E-state index in [1.165, 1.54) is 18.2 Å². The maximum atomic E-state index is 12.0. The molecule has 0 bridgehead atoms. The highest BCUT2D eigenvalue weighted by Gasteiger charge is 2.16. The highest BCUT2D eigenvalue weighted by Crippen LogP contribution is 2.26. The Bertz CT molecular complexity index is 809. The van der Waals surface area contributed by atoms with Crippen LogP contribution in [-0.4, -0.2) is 23.0 Å². The van der Waals surface area contributed by atoms with Gasteiger partial charge in [0.05, 0.1) is 12.8 Å². The number of hydrogen-bond acceptors (Lipinski definition) is 5. The zero-order valence-electron chi connectivity index (χ0n) is 14.6. The summed E-state index contributed by atoms with van der Waals surface area (Å²) in [4.78, 5) is 35.0. The standard InChI is InChI=1S/C20H20O6/c1-13(2)14-7-3-5-9-16(14)25-18(21)11-12-19(22)26-17-10-6-4-8-15(17)20(23)24/h3-10,13H,11-12H2,1-2H3,(H,23,24). The van der Waals surface area contributed by atoms with Crippen LogP contribution < -0.4 is 9.47 Å². The molecule has 0 saturated carbocycles. The summed E-state index contributed by atoms with van der Waals surface area (Å²) in [5, 5.41) is 9.07. The van der Waals surface area contributed by atoms with Crippen LogP contribution in [0.15, 0.2) is 48.5 Å². The first-order chi connectivity index (χ1) is 12.4. The number of benzene rings is 2. The molecule has 2 rings (SSSR count). The first-order valence-corrected chi connectivity index (χ1v) is 8.21. The van der Waals surface area contributed by atoms with Crippen molar-refractivity contribution in [3.05, 3.63) is 59.7 Å².